The molecular weight excluding hydrogens is 237 g/mol. The van der Waals surface area contributed by atoms with Crippen LogP contribution in [-0.4, -0.2) is 44.3 Å². The Hall–Kier alpha value is -1.11. The van der Waals surface area contributed by atoms with Gasteiger partial charge >= 0.3 is 13.7 Å². The maximum Gasteiger partial charge on any atom is 0.451 e. The van der Waals surface area contributed by atoms with Crippen molar-refractivity contribution in [3.8, 4) is 0 Å². The second-order valence-electron chi connectivity index (χ2n) is 3.16. The molecule has 0 aromatic carbocycles. The molecule has 1 aliphatic heterocycles. The molecule has 16 heavy (non-hydrogen) atoms. The van der Waals surface area contributed by atoms with Gasteiger partial charge in [0.1, 0.15) is 6.04 Å². The zero-order valence-corrected chi connectivity index (χ0v) is 8.67. The fraction of sp³-hybridized carbons (Fsp3) is 0.714. The van der Waals surface area contributed by atoms with Crippen molar-refractivity contribution >= 4 is 19.7 Å². The number of rotatable bonds is 2. The monoisotopic (exact) mass is 253 g/mol. The van der Waals surface area contributed by atoms with Crippen molar-refractivity contribution in [1.82, 2.24) is 4.90 Å². The summed E-state index contributed by atoms with van der Waals surface area (Å²) in [5, 5.41) is 8.78. The molecular formula is C7H16N3O5P. The number of nitrogens with two attached hydrogens (primary N) is 1. The Kier molecular flexibility index (Phi) is 4.92. The van der Waals surface area contributed by atoms with E-state index in [2.05, 4.69) is 4.76 Å². The molecule has 1 aliphatic rings. The maximum absolute atomic E-state index is 10.7. The lowest BCUT2D eigenvalue weighted by molar-refractivity contribution is -0.140. The number of carbonyl (C=O) groups is 1. The summed E-state index contributed by atoms with van der Waals surface area (Å²) in [4.78, 5) is 29.0. The van der Waals surface area contributed by atoms with Crippen LogP contribution in [0.4, 0.5) is 0 Å². The highest BCUT2D eigenvalue weighted by Gasteiger charge is 2.32. The fourth-order valence-corrected chi connectivity index (χ4v) is 1.87. The van der Waals surface area contributed by atoms with Gasteiger partial charge < -0.3 is 25.5 Å². The lowest BCUT2D eigenvalue weighted by Gasteiger charge is -2.21. The Morgan fingerprint density at radius 1 is 1.50 bits per heavy atom. The number of guanidine groups is 1. The molecule has 0 aromatic heterocycles. The van der Waals surface area contributed by atoms with Crippen LogP contribution >= 0.6 is 7.75 Å². The first-order valence-corrected chi connectivity index (χ1v) is 5.78. The molecule has 8 nitrogen and oxygen atoms in total. The Labute approximate surface area is 93.0 Å². The van der Waals surface area contributed by atoms with Gasteiger partial charge in [0.2, 0.25) is 5.96 Å². The average molecular weight is 253 g/mol. The zero-order valence-electron chi connectivity index (χ0n) is 7.78. The second-order valence-corrected chi connectivity index (χ2v) is 4.39. The topological polar surface area (TPSA) is 136 Å². The van der Waals surface area contributed by atoms with Gasteiger partial charge in [0.15, 0.2) is 0 Å². The third-order valence-electron chi connectivity index (χ3n) is 2.06. The molecule has 1 saturated heterocycles. The smallest absolute Gasteiger partial charge is 0.451 e. The van der Waals surface area contributed by atoms with Crippen LogP contribution in [0.5, 0.6) is 0 Å². The second kappa shape index (κ2) is 5.29. The van der Waals surface area contributed by atoms with Crippen molar-refractivity contribution in [3.63, 3.8) is 0 Å². The molecule has 5 N–H and O–H groups in total. The van der Waals surface area contributed by atoms with Gasteiger partial charge in [-0.25, -0.2) is 9.36 Å². The summed E-state index contributed by atoms with van der Waals surface area (Å²) in [6, 6.07) is -0.847. The van der Waals surface area contributed by atoms with Crippen LogP contribution in [0.2, 0.25) is 0 Å². The van der Waals surface area contributed by atoms with Crippen molar-refractivity contribution in [1.29, 1.82) is 0 Å². The Morgan fingerprint density at radius 3 is 2.50 bits per heavy atom. The molecule has 0 radical (unpaired) electrons. The zero-order chi connectivity index (χ0) is 11.6. The van der Waals surface area contributed by atoms with Gasteiger partial charge in [-0.05, 0) is 12.8 Å². The highest BCUT2D eigenvalue weighted by molar-refractivity contribution is 7.50. The Balaban J connectivity index is 0.00000225. The third kappa shape index (κ3) is 3.80. The molecule has 0 aromatic rings. The molecule has 0 bridgehead atoms. The van der Waals surface area contributed by atoms with E-state index >= 15 is 0 Å². The van der Waals surface area contributed by atoms with Gasteiger partial charge in [0.25, 0.3) is 0 Å². The SMILES string of the molecule is C.NC(=NP(=O)(O)O)N1CCCC1C(=O)O. The van der Waals surface area contributed by atoms with Crippen LogP contribution in [0.3, 0.4) is 0 Å². The Bertz CT molecular complexity index is 339. The molecule has 0 saturated carbocycles. The van der Waals surface area contributed by atoms with Crippen molar-refractivity contribution in [2.45, 2.75) is 26.3 Å². The predicted molar refractivity (Wildman–Crippen MR) is 57.8 cm³/mol. The molecule has 1 rings (SSSR count). The van der Waals surface area contributed by atoms with Crippen molar-refractivity contribution in [2.75, 3.05) is 6.54 Å². The van der Waals surface area contributed by atoms with Crippen LogP contribution in [0.25, 0.3) is 0 Å². The minimum absolute atomic E-state index is 0. The quantitative estimate of drug-likeness (QED) is 0.298. The summed E-state index contributed by atoms with van der Waals surface area (Å²) in [5.74, 6) is -1.50. The number of carboxylic acids is 1. The number of carboxylic acid groups (broad SMARTS) is 1. The normalized spacial score (nSPS) is 21.8. The van der Waals surface area contributed by atoms with Gasteiger partial charge in [-0.2, -0.15) is 0 Å². The molecule has 1 fully saturated rings. The van der Waals surface area contributed by atoms with E-state index in [1.807, 2.05) is 0 Å². The van der Waals surface area contributed by atoms with E-state index in [-0.39, 0.29) is 7.43 Å². The van der Waals surface area contributed by atoms with Crippen molar-refractivity contribution in [2.24, 2.45) is 10.5 Å². The van der Waals surface area contributed by atoms with Crippen LogP contribution in [-0.2, 0) is 9.36 Å². The minimum atomic E-state index is -4.60. The van der Waals surface area contributed by atoms with E-state index in [1.54, 1.807) is 0 Å². The molecule has 0 spiro atoms. The average Bonchev–Trinajstić information content (AvgIpc) is 2.47. The van der Waals surface area contributed by atoms with E-state index in [9.17, 15) is 9.36 Å². The largest absolute Gasteiger partial charge is 0.480 e. The first-order valence-electron chi connectivity index (χ1n) is 4.22. The molecule has 1 atom stereocenters. The first kappa shape index (κ1) is 14.9. The van der Waals surface area contributed by atoms with Gasteiger partial charge in [0.05, 0.1) is 0 Å². The third-order valence-corrected chi connectivity index (χ3v) is 2.53. The standard InChI is InChI=1S/C6H12N3O5P.CH4/c7-6(8-15(12,13)14)9-3-1-2-4(9)5(10)11;/h4H,1-3H2,(H,10,11)(H4,7,8,12,13,14);1H4. The molecule has 9 heteroatoms. The number of hydrogen-bond donors (Lipinski definition) is 4. The summed E-state index contributed by atoms with van der Waals surface area (Å²) < 4.78 is 13.5. The lowest BCUT2D eigenvalue weighted by atomic mass is 10.2. The van der Waals surface area contributed by atoms with Gasteiger partial charge in [-0.3, -0.25) is 0 Å². The maximum atomic E-state index is 10.7. The van der Waals surface area contributed by atoms with Gasteiger partial charge in [-0.15, -0.1) is 4.76 Å². The van der Waals surface area contributed by atoms with E-state index in [1.165, 1.54) is 4.90 Å². The molecule has 0 aliphatic carbocycles. The van der Waals surface area contributed by atoms with Crippen LogP contribution in [0, 0.1) is 0 Å². The molecule has 94 valence electrons. The fourth-order valence-electron chi connectivity index (χ4n) is 1.49. The summed E-state index contributed by atoms with van der Waals surface area (Å²) in [7, 11) is -4.60. The van der Waals surface area contributed by atoms with Crippen molar-refractivity contribution < 1.29 is 24.3 Å². The Morgan fingerprint density at radius 2 is 2.06 bits per heavy atom. The lowest BCUT2D eigenvalue weighted by Crippen LogP contribution is -2.44. The summed E-state index contributed by atoms with van der Waals surface area (Å²) >= 11 is 0. The molecule has 1 unspecified atom stereocenters. The van der Waals surface area contributed by atoms with Gasteiger partial charge in [0, 0.05) is 6.54 Å². The summed E-state index contributed by atoms with van der Waals surface area (Å²) in [6.07, 6.45) is 1.00. The first-order chi connectivity index (χ1) is 6.81. The molecule has 1 heterocycles. The highest BCUT2D eigenvalue weighted by atomic mass is 31.2. The summed E-state index contributed by atoms with van der Waals surface area (Å²) in [6.45, 7) is 0.340. The number of hydrogen-bond acceptors (Lipinski definition) is 2. The van der Waals surface area contributed by atoms with E-state index in [4.69, 9.17) is 20.6 Å². The summed E-state index contributed by atoms with van der Waals surface area (Å²) in [5.41, 5.74) is 5.31. The van der Waals surface area contributed by atoms with Crippen LogP contribution in [0.1, 0.15) is 20.3 Å². The van der Waals surface area contributed by atoms with Crippen molar-refractivity contribution in [3.05, 3.63) is 0 Å². The van der Waals surface area contributed by atoms with Crippen LogP contribution < -0.4 is 5.73 Å². The van der Waals surface area contributed by atoms with E-state index in [0.717, 1.165) is 0 Å². The van der Waals surface area contributed by atoms with E-state index in [0.29, 0.717) is 19.4 Å². The predicted octanol–water partition coefficient (Wildman–Crippen LogP) is -0.421. The van der Waals surface area contributed by atoms with Gasteiger partial charge in [-0.1, -0.05) is 7.43 Å². The van der Waals surface area contributed by atoms with E-state index < -0.39 is 25.7 Å². The number of likely N-dealkylation sites (tertiary alicyclic amines) is 1. The van der Waals surface area contributed by atoms with Crippen LogP contribution in [0.15, 0.2) is 4.76 Å². The number of aliphatic carboxylic acids is 1. The number of nitrogens with zero attached hydrogens (tertiary/aromatic N) is 2. The molecule has 0 amide bonds. The highest BCUT2D eigenvalue weighted by Crippen LogP contribution is 2.36. The minimum Gasteiger partial charge on any atom is -0.480 e.